The molecule has 18 aromatic rings. The van der Waals surface area contributed by atoms with Crippen molar-refractivity contribution in [2.45, 2.75) is 123 Å². The molecule has 18 rings (SSSR count). The van der Waals surface area contributed by atoms with Crippen LogP contribution in [0.25, 0.3) is 122 Å². The monoisotopic (exact) mass is 2770 g/mol. The Morgan fingerprint density at radius 1 is 0.348 bits per heavy atom. The number of rotatable bonds is 13. The van der Waals surface area contributed by atoms with E-state index in [1.165, 1.54) is 136 Å². The van der Waals surface area contributed by atoms with Gasteiger partial charge in [0.1, 0.15) is 0 Å². The third-order valence-corrected chi connectivity index (χ3v) is 22.7. The van der Waals surface area contributed by atoms with Gasteiger partial charge in [0.25, 0.3) is 0 Å². The second kappa shape index (κ2) is 59.8. The summed E-state index contributed by atoms with van der Waals surface area (Å²) in [6.45, 7) is 34.7. The zero-order valence-corrected chi connectivity index (χ0v) is 95.1. The predicted octanol–water partition coefficient (Wildman–Crippen LogP) is 29.5. The Bertz CT molecular complexity index is 7090. The zero-order valence-electron chi connectivity index (χ0n) is 82.3. The van der Waals surface area contributed by atoms with Gasteiger partial charge in [-0.05, 0) is 178 Å². The number of benzene rings is 12. The van der Waals surface area contributed by atoms with Crippen molar-refractivity contribution in [3.63, 3.8) is 0 Å². The maximum Gasteiger partial charge on any atom is 2.00 e. The molecule has 0 amide bonds. The van der Waals surface area contributed by atoms with E-state index in [4.69, 9.17) is 30.3 Å². The average molecular weight is 2770 g/mol. The number of ketones is 3. The van der Waals surface area contributed by atoms with Crippen molar-refractivity contribution in [3.8, 4) is 78.7 Å². The molecular weight excluding hydrogens is 2650 g/mol. The molecular formula is C122H114Ir4N7O6PtSi-5. The number of aliphatic imine (C=N–C) groups is 1. The third kappa shape index (κ3) is 38.7. The first-order valence-electron chi connectivity index (χ1n) is 44.7. The number of hydrogen-bond acceptors (Lipinski definition) is 13. The van der Waals surface area contributed by atoms with E-state index < -0.39 is 8.07 Å². The van der Waals surface area contributed by atoms with Crippen molar-refractivity contribution in [3.05, 3.63) is 456 Å². The maximum absolute atomic E-state index is 10.0. The van der Waals surface area contributed by atoms with Crippen LogP contribution in [0, 0.1) is 105 Å². The number of allylic oxidation sites excluding steroid dienone is 6. The van der Waals surface area contributed by atoms with Gasteiger partial charge in [-0.3, -0.25) is 29.3 Å². The number of aromatic nitrogens is 6. The van der Waals surface area contributed by atoms with Crippen molar-refractivity contribution < 1.29 is 131 Å². The summed E-state index contributed by atoms with van der Waals surface area (Å²) in [5, 5.41) is 33.9. The van der Waals surface area contributed by atoms with Crippen LogP contribution >= 0.6 is 0 Å². The van der Waals surface area contributed by atoms with E-state index in [0.29, 0.717) is 0 Å². The minimum atomic E-state index is -1.28. The van der Waals surface area contributed by atoms with Gasteiger partial charge in [-0.15, -0.1) is 243 Å². The van der Waals surface area contributed by atoms with Crippen LogP contribution in [0.15, 0.2) is 363 Å². The zero-order chi connectivity index (χ0) is 97.8. The third-order valence-electron chi connectivity index (χ3n) is 20.6. The predicted molar refractivity (Wildman–Crippen MR) is 566 cm³/mol. The van der Waals surface area contributed by atoms with Gasteiger partial charge in [0.15, 0.2) is 17.3 Å². The summed E-state index contributed by atoms with van der Waals surface area (Å²) in [4.78, 5) is 62.1. The van der Waals surface area contributed by atoms with Crippen molar-refractivity contribution in [2.24, 2.45) is 4.99 Å². The smallest absolute Gasteiger partial charge is 0.512 e. The Morgan fingerprint density at radius 3 is 1.35 bits per heavy atom. The van der Waals surface area contributed by atoms with Gasteiger partial charge < -0.3 is 35.3 Å². The number of pyridine rings is 6. The van der Waals surface area contributed by atoms with Gasteiger partial charge in [-0.25, -0.2) is 0 Å². The molecule has 0 unspecified atom stereocenters. The Kier molecular flexibility index (Phi) is 50.5. The quantitative estimate of drug-likeness (QED) is 0.0325. The molecule has 4 radical (unpaired) electrons. The molecule has 13 nitrogen and oxygen atoms in total. The molecule has 3 N–H and O–H groups in total. The SMILES string of the molecule is CC(=O)C=C(C)O.CC(=O)C=C(C)O.CC(=O)C=C(C)O.Cc1[c-]c(-c2cc(C)c3c(C)cc(C)cc3n2)cc(C)c1.Cc1[c-]c(-c2ccc3cc([Si](C)(C)C)ccc3n2)cc(C)c1.Cc1cc[c-]c(-c2ncc3ccccc3c2C)c1.[Ir].[Ir].[Ir].[Ir].[Pt+2].[c-]1c(C=Nc2ccccc2-c2[c-]cccc2)cccc1-c1ccccn1.[c-]1ccccc1-c1cc2ccccc2cn1.[c-]1ccccc1-c1ccccn1. The fraction of sp³-hybridized carbons (Fsp3) is 0.148. The molecule has 0 aliphatic carbocycles. The molecule has 6 aromatic heterocycles. The molecule has 6 heterocycles. The first-order chi connectivity index (χ1) is 65.2. The molecule has 0 atom stereocenters. The Morgan fingerprint density at radius 2 is 0.823 bits per heavy atom. The second-order valence-corrected chi connectivity index (χ2v) is 39.0. The number of hydrogen-bond donors (Lipinski definition) is 3. The van der Waals surface area contributed by atoms with Crippen LogP contribution < -0.4 is 5.19 Å². The van der Waals surface area contributed by atoms with E-state index in [1.807, 2.05) is 188 Å². The Labute approximate surface area is 901 Å². The van der Waals surface area contributed by atoms with Gasteiger partial charge in [0.05, 0.1) is 36.4 Å². The molecule has 0 aliphatic rings. The molecule has 728 valence electrons. The summed E-state index contributed by atoms with van der Waals surface area (Å²) in [6, 6.07) is 124. The van der Waals surface area contributed by atoms with Crippen molar-refractivity contribution in [2.75, 3.05) is 0 Å². The summed E-state index contributed by atoms with van der Waals surface area (Å²) in [5.41, 5.74) is 29.3. The van der Waals surface area contributed by atoms with E-state index >= 15 is 0 Å². The van der Waals surface area contributed by atoms with Crippen molar-refractivity contribution in [1.29, 1.82) is 0 Å². The van der Waals surface area contributed by atoms with Gasteiger partial charge in [0, 0.05) is 140 Å². The van der Waals surface area contributed by atoms with E-state index in [9.17, 15) is 14.4 Å². The van der Waals surface area contributed by atoms with E-state index in [-0.39, 0.29) is 136 Å². The maximum atomic E-state index is 10.0. The van der Waals surface area contributed by atoms with Gasteiger partial charge in [0.2, 0.25) is 0 Å². The Balaban J connectivity index is 0.000000287. The number of para-hydroxylation sites is 1. The van der Waals surface area contributed by atoms with Gasteiger partial charge in [-0.2, -0.15) is 0 Å². The van der Waals surface area contributed by atoms with Crippen LogP contribution in [0.1, 0.15) is 97.2 Å². The number of aliphatic hydroxyl groups is 3. The average Bonchev–Trinajstić information content (AvgIpc) is 0.780. The van der Waals surface area contributed by atoms with Gasteiger partial charge >= 0.3 is 21.1 Å². The van der Waals surface area contributed by atoms with Crippen LogP contribution in [0.4, 0.5) is 5.69 Å². The summed E-state index contributed by atoms with van der Waals surface area (Å²) in [5.74, 6) is -0.187. The summed E-state index contributed by atoms with van der Waals surface area (Å²) >= 11 is 0. The normalized spacial score (nSPS) is 10.6. The number of nitrogens with zero attached hydrogens (tertiary/aromatic N) is 7. The number of aryl methyl sites for hydroxylation is 9. The van der Waals surface area contributed by atoms with E-state index in [0.717, 1.165) is 112 Å². The number of carbonyl (C=O) groups excluding carboxylic acids is 3. The minimum absolute atomic E-state index is 0. The fourth-order valence-corrected chi connectivity index (χ4v) is 15.9. The molecule has 0 spiro atoms. The Hall–Kier alpha value is -12.6. The van der Waals surface area contributed by atoms with Crippen LogP contribution in [-0.2, 0) is 116 Å². The molecule has 0 fully saturated rings. The standard InChI is InChI=1S/C24H16N2.C20H22NSi.C20H20N.C17H14N.C15H10N.C11H8N.3C5H8O2.4Ir.Pt/c1-2-10-20(11-3-1)22-13-4-5-15-24(22)26-18-19-9-8-12-21(17-19)23-14-6-7-16-25-23;1-14-10-15(2)12-17(11-14)20-8-6-16-13-18(22(3,4)5)7-9-19(16)21-20;1-12-6-13(2)9-17(8-12)18-11-16(5)20-15(4)7-14(3)10-19(20)21-18;1-12-6-5-8-14(10-12)17-13(2)16-9-4-3-7-15(16)11-18-17;1-2-6-12(7-3-1)15-10-13-8-4-5-9-14(13)11-16-15;1-2-6-10(7-3-1)11-8-4-5-9-12-11;3*1-4(6)3-5(2)7;;;;;/h1-10,12-16,18H;6-11,13H,1-5H3;6-8,10-11H,1-5H3;3-7,9-11H,1-2H3;1-6,8-11H;1-6,8-9H;3*3,6H,1-2H3;;;;;/q-2;5*-1;;;;;;;;+2. The summed E-state index contributed by atoms with van der Waals surface area (Å²) in [7, 11) is -1.28. The van der Waals surface area contributed by atoms with Crippen LogP contribution in [0.3, 0.4) is 0 Å². The summed E-state index contributed by atoms with van der Waals surface area (Å²) in [6.07, 6.45) is 12.8. The van der Waals surface area contributed by atoms with Crippen molar-refractivity contribution >= 4 is 85.9 Å². The molecule has 0 aliphatic heterocycles. The minimum Gasteiger partial charge on any atom is -0.512 e. The van der Waals surface area contributed by atoms with Crippen molar-refractivity contribution in [1.82, 2.24) is 29.9 Å². The van der Waals surface area contributed by atoms with E-state index in [1.54, 1.807) is 12.4 Å². The van der Waals surface area contributed by atoms with Crippen LogP contribution in [0.5, 0.6) is 0 Å². The number of fused-ring (bicyclic) bond motifs is 4. The van der Waals surface area contributed by atoms with Gasteiger partial charge in [-0.1, -0.05) is 210 Å². The summed E-state index contributed by atoms with van der Waals surface area (Å²) < 4.78 is 0. The first-order valence-corrected chi connectivity index (χ1v) is 48.2. The van der Waals surface area contributed by atoms with Crippen LogP contribution in [0.2, 0.25) is 19.6 Å². The molecule has 0 bridgehead atoms. The molecule has 141 heavy (non-hydrogen) atoms. The number of aliphatic hydroxyl groups excluding tert-OH is 3. The second-order valence-electron chi connectivity index (χ2n) is 33.9. The van der Waals surface area contributed by atoms with Crippen LogP contribution in [-0.4, -0.2) is 76.9 Å². The molecule has 0 saturated heterocycles. The molecule has 19 heteroatoms. The van der Waals surface area contributed by atoms with E-state index in [2.05, 4.69) is 272 Å². The fourth-order valence-electron chi connectivity index (χ4n) is 14.7. The number of carbonyl (C=O) groups is 3. The molecule has 0 saturated carbocycles. The topological polar surface area (TPSA) is 202 Å². The first kappa shape index (κ1) is 119. The largest absolute Gasteiger partial charge is 2.00 e. The molecule has 12 aromatic carbocycles.